The van der Waals surface area contributed by atoms with Crippen molar-refractivity contribution in [3.63, 3.8) is 0 Å². The average molecular weight is 312 g/mol. The summed E-state index contributed by atoms with van der Waals surface area (Å²) < 4.78 is 35.8. The summed E-state index contributed by atoms with van der Waals surface area (Å²) >= 11 is 0. The molecule has 1 N–H and O–H groups in total. The van der Waals surface area contributed by atoms with Crippen molar-refractivity contribution in [1.82, 2.24) is 4.72 Å². The van der Waals surface area contributed by atoms with Gasteiger partial charge in [-0.15, -0.1) is 0 Å². The SMILES string of the molecule is CCOc1ccc(S(=O)(=O)NCC(=O)O[C@@H](C)C#N)cc1. The second-order valence-corrected chi connectivity index (χ2v) is 5.76. The molecule has 0 unspecified atom stereocenters. The molecule has 0 aliphatic carbocycles. The van der Waals surface area contributed by atoms with Gasteiger partial charge in [0.15, 0.2) is 6.10 Å². The van der Waals surface area contributed by atoms with Crippen molar-refractivity contribution in [3.05, 3.63) is 24.3 Å². The molecular formula is C13H16N2O5S. The number of carbonyl (C=O) groups is 1. The van der Waals surface area contributed by atoms with E-state index < -0.39 is 28.6 Å². The molecule has 0 spiro atoms. The Hall–Kier alpha value is -2.11. The van der Waals surface area contributed by atoms with Gasteiger partial charge in [0.25, 0.3) is 0 Å². The topological polar surface area (TPSA) is 105 Å². The Morgan fingerprint density at radius 3 is 2.52 bits per heavy atom. The number of sulfonamides is 1. The van der Waals surface area contributed by atoms with Crippen LogP contribution in [0.2, 0.25) is 0 Å². The molecule has 0 aromatic heterocycles. The Kier molecular flexibility index (Phi) is 6.14. The van der Waals surface area contributed by atoms with Crippen LogP contribution in [-0.2, 0) is 19.6 Å². The van der Waals surface area contributed by atoms with Crippen LogP contribution < -0.4 is 9.46 Å². The Morgan fingerprint density at radius 2 is 2.00 bits per heavy atom. The third-order valence-electron chi connectivity index (χ3n) is 2.34. The average Bonchev–Trinajstić information content (AvgIpc) is 2.46. The molecule has 1 aromatic carbocycles. The predicted octanol–water partition coefficient (Wildman–Crippen LogP) is 0.819. The Balaban J connectivity index is 2.65. The fraction of sp³-hybridized carbons (Fsp3) is 0.385. The standard InChI is InChI=1S/C13H16N2O5S/c1-3-19-11-4-6-12(7-5-11)21(17,18)15-9-13(16)20-10(2)8-14/h4-7,10,15H,3,9H2,1-2H3/t10-/m0/s1. The molecule has 21 heavy (non-hydrogen) atoms. The van der Waals surface area contributed by atoms with Crippen molar-refractivity contribution < 1.29 is 22.7 Å². The molecule has 0 saturated carbocycles. The minimum absolute atomic E-state index is 0.00656. The third kappa shape index (κ3) is 5.41. The minimum Gasteiger partial charge on any atom is -0.494 e. The van der Waals surface area contributed by atoms with Gasteiger partial charge in [-0.25, -0.2) is 8.42 Å². The molecule has 1 aromatic rings. The lowest BCUT2D eigenvalue weighted by Gasteiger charge is -2.09. The summed E-state index contributed by atoms with van der Waals surface area (Å²) in [5.74, 6) is -0.266. The van der Waals surface area contributed by atoms with Gasteiger partial charge >= 0.3 is 5.97 Å². The molecule has 0 fully saturated rings. The number of benzene rings is 1. The normalized spacial score (nSPS) is 12.2. The van der Waals surface area contributed by atoms with E-state index in [9.17, 15) is 13.2 Å². The maximum atomic E-state index is 11.9. The molecule has 0 amide bonds. The molecule has 1 atom stereocenters. The number of nitrogens with one attached hydrogen (secondary N) is 1. The summed E-state index contributed by atoms with van der Waals surface area (Å²) in [5.41, 5.74) is 0. The molecule has 7 nitrogen and oxygen atoms in total. The number of carbonyl (C=O) groups excluding carboxylic acids is 1. The van der Waals surface area contributed by atoms with Crippen LogP contribution in [-0.4, -0.2) is 33.6 Å². The highest BCUT2D eigenvalue weighted by atomic mass is 32.2. The van der Waals surface area contributed by atoms with Crippen LogP contribution in [0.15, 0.2) is 29.2 Å². The van der Waals surface area contributed by atoms with E-state index in [1.165, 1.54) is 31.2 Å². The second-order valence-electron chi connectivity index (χ2n) is 3.99. The van der Waals surface area contributed by atoms with E-state index in [0.717, 1.165) is 0 Å². The number of ether oxygens (including phenoxy) is 2. The van der Waals surface area contributed by atoms with Crippen molar-refractivity contribution in [3.8, 4) is 11.8 Å². The van der Waals surface area contributed by atoms with Gasteiger partial charge in [0.2, 0.25) is 10.0 Å². The monoisotopic (exact) mass is 312 g/mol. The van der Waals surface area contributed by atoms with E-state index >= 15 is 0 Å². The molecule has 0 bridgehead atoms. The number of rotatable bonds is 7. The summed E-state index contributed by atoms with van der Waals surface area (Å²) in [6.07, 6.45) is -0.924. The fourth-order valence-electron chi connectivity index (χ4n) is 1.38. The Morgan fingerprint density at radius 1 is 1.38 bits per heavy atom. The van der Waals surface area contributed by atoms with E-state index in [1.54, 1.807) is 6.07 Å². The van der Waals surface area contributed by atoms with Crippen molar-refractivity contribution in [2.45, 2.75) is 24.8 Å². The van der Waals surface area contributed by atoms with E-state index in [1.807, 2.05) is 6.92 Å². The van der Waals surface area contributed by atoms with E-state index in [2.05, 4.69) is 9.46 Å². The lowest BCUT2D eigenvalue weighted by atomic mass is 10.3. The van der Waals surface area contributed by atoms with Crippen LogP contribution in [0.5, 0.6) is 5.75 Å². The zero-order valence-corrected chi connectivity index (χ0v) is 12.5. The highest BCUT2D eigenvalue weighted by Gasteiger charge is 2.17. The smallest absolute Gasteiger partial charge is 0.322 e. The molecule has 1 rings (SSSR count). The summed E-state index contributed by atoms with van der Waals surface area (Å²) in [6, 6.07) is 7.50. The second kappa shape index (κ2) is 7.61. The Labute approximate surface area is 123 Å². The Bertz CT molecular complexity index is 619. The lowest BCUT2D eigenvalue weighted by Crippen LogP contribution is -2.32. The fourth-order valence-corrected chi connectivity index (χ4v) is 2.35. The molecule has 8 heteroatoms. The molecule has 0 saturated heterocycles. The van der Waals surface area contributed by atoms with Crippen molar-refractivity contribution in [1.29, 1.82) is 5.26 Å². The van der Waals surface area contributed by atoms with E-state index in [0.29, 0.717) is 12.4 Å². The van der Waals surface area contributed by atoms with Gasteiger partial charge in [0.1, 0.15) is 18.4 Å². The van der Waals surface area contributed by atoms with Gasteiger partial charge in [-0.2, -0.15) is 9.98 Å². The van der Waals surface area contributed by atoms with Crippen molar-refractivity contribution in [2.24, 2.45) is 0 Å². The summed E-state index contributed by atoms with van der Waals surface area (Å²) in [4.78, 5) is 11.3. The minimum atomic E-state index is -3.82. The maximum Gasteiger partial charge on any atom is 0.322 e. The molecule has 0 heterocycles. The van der Waals surface area contributed by atoms with Crippen LogP contribution in [0.25, 0.3) is 0 Å². The summed E-state index contributed by atoms with van der Waals surface area (Å²) in [7, 11) is -3.82. The molecule has 0 aliphatic heterocycles. The molecular weight excluding hydrogens is 296 g/mol. The maximum absolute atomic E-state index is 11.9. The lowest BCUT2D eigenvalue weighted by molar-refractivity contribution is -0.144. The first-order valence-electron chi connectivity index (χ1n) is 6.20. The summed E-state index contributed by atoms with van der Waals surface area (Å²) in [5, 5.41) is 8.48. The molecule has 114 valence electrons. The van der Waals surface area contributed by atoms with Gasteiger partial charge in [-0.1, -0.05) is 0 Å². The van der Waals surface area contributed by atoms with Gasteiger partial charge in [-0.3, -0.25) is 4.79 Å². The van der Waals surface area contributed by atoms with Gasteiger partial charge < -0.3 is 9.47 Å². The highest BCUT2D eigenvalue weighted by Crippen LogP contribution is 2.15. The van der Waals surface area contributed by atoms with Crippen molar-refractivity contribution in [2.75, 3.05) is 13.2 Å². The van der Waals surface area contributed by atoms with Crippen molar-refractivity contribution >= 4 is 16.0 Å². The van der Waals surface area contributed by atoms with Gasteiger partial charge in [0, 0.05) is 0 Å². The number of hydrogen-bond acceptors (Lipinski definition) is 6. The largest absolute Gasteiger partial charge is 0.494 e. The summed E-state index contributed by atoms with van der Waals surface area (Å²) in [6.45, 7) is 3.15. The van der Waals surface area contributed by atoms with Crippen LogP contribution in [0, 0.1) is 11.3 Å². The van der Waals surface area contributed by atoms with Crippen LogP contribution in [0.1, 0.15) is 13.8 Å². The number of nitrogens with zero attached hydrogens (tertiary/aromatic N) is 1. The van der Waals surface area contributed by atoms with Gasteiger partial charge in [-0.05, 0) is 38.1 Å². The number of esters is 1. The zero-order chi connectivity index (χ0) is 15.9. The highest BCUT2D eigenvalue weighted by molar-refractivity contribution is 7.89. The predicted molar refractivity (Wildman–Crippen MR) is 74.0 cm³/mol. The molecule has 0 aliphatic rings. The number of nitriles is 1. The van der Waals surface area contributed by atoms with Gasteiger partial charge in [0.05, 0.1) is 11.5 Å². The first-order valence-corrected chi connectivity index (χ1v) is 7.69. The zero-order valence-electron chi connectivity index (χ0n) is 11.7. The quantitative estimate of drug-likeness (QED) is 0.747. The van der Waals surface area contributed by atoms with Crippen LogP contribution in [0.3, 0.4) is 0 Å². The number of hydrogen-bond donors (Lipinski definition) is 1. The van der Waals surface area contributed by atoms with E-state index in [4.69, 9.17) is 10.00 Å². The first kappa shape index (κ1) is 16.9. The third-order valence-corrected chi connectivity index (χ3v) is 3.76. The van der Waals surface area contributed by atoms with Crippen LogP contribution in [0.4, 0.5) is 0 Å². The van der Waals surface area contributed by atoms with Crippen LogP contribution >= 0.6 is 0 Å². The first-order chi connectivity index (χ1) is 9.89. The molecule has 0 radical (unpaired) electrons. The van der Waals surface area contributed by atoms with E-state index in [-0.39, 0.29) is 4.90 Å².